The van der Waals surface area contributed by atoms with Crippen molar-refractivity contribution in [3.8, 4) is 0 Å². The summed E-state index contributed by atoms with van der Waals surface area (Å²) >= 11 is 0. The highest BCUT2D eigenvalue weighted by atomic mass is 16.5. The Morgan fingerprint density at radius 1 is 1.00 bits per heavy atom. The van der Waals surface area contributed by atoms with Crippen LogP contribution in [0.15, 0.2) is 18.9 Å². The van der Waals surface area contributed by atoms with Gasteiger partial charge in [0.25, 0.3) is 0 Å². The van der Waals surface area contributed by atoms with Gasteiger partial charge in [-0.05, 0) is 65.7 Å². The minimum atomic E-state index is -0.285. The van der Waals surface area contributed by atoms with Crippen LogP contribution < -0.4 is 0 Å². The molecule has 0 aliphatic rings. The van der Waals surface area contributed by atoms with Crippen LogP contribution in [-0.4, -0.2) is 39.4 Å². The minimum Gasteiger partial charge on any atom is -0.375 e. The Hall–Kier alpha value is -1.20. The zero-order valence-electron chi connectivity index (χ0n) is 20.6. The van der Waals surface area contributed by atoms with Crippen LogP contribution in [0.3, 0.4) is 0 Å². The number of aromatic nitrogens is 3. The molecule has 0 saturated carbocycles. The molecule has 168 valence electrons. The molecule has 5 heteroatoms. The molecule has 1 aromatic rings. The van der Waals surface area contributed by atoms with E-state index in [1.807, 2.05) is 17.0 Å². The van der Waals surface area contributed by atoms with E-state index in [-0.39, 0.29) is 22.2 Å². The van der Waals surface area contributed by atoms with Crippen LogP contribution >= 0.6 is 0 Å². The highest BCUT2D eigenvalue weighted by Gasteiger charge is 2.28. The Morgan fingerprint density at radius 3 is 2.14 bits per heavy atom. The maximum Gasteiger partial charge on any atom is 0.0855 e. The number of nitrogens with zero attached hydrogens (tertiary/aromatic N) is 3. The second-order valence-electron chi connectivity index (χ2n) is 11.1. The Morgan fingerprint density at radius 2 is 1.59 bits per heavy atom. The van der Waals surface area contributed by atoms with Gasteiger partial charge in [-0.3, -0.25) is 0 Å². The summed E-state index contributed by atoms with van der Waals surface area (Å²) in [6, 6.07) is 0. The van der Waals surface area contributed by atoms with E-state index in [0.717, 1.165) is 25.0 Å². The summed E-state index contributed by atoms with van der Waals surface area (Å²) in [6.45, 7) is 26.9. The predicted molar refractivity (Wildman–Crippen MR) is 121 cm³/mol. The molecular weight excluding hydrogens is 362 g/mol. The zero-order chi connectivity index (χ0) is 22.5. The van der Waals surface area contributed by atoms with Gasteiger partial charge in [-0.1, -0.05) is 39.0 Å². The quantitative estimate of drug-likeness (QED) is 0.388. The van der Waals surface area contributed by atoms with E-state index >= 15 is 0 Å². The van der Waals surface area contributed by atoms with Crippen molar-refractivity contribution in [3.63, 3.8) is 0 Å². The zero-order valence-corrected chi connectivity index (χ0v) is 20.6. The van der Waals surface area contributed by atoms with Crippen LogP contribution in [0, 0.1) is 11.3 Å². The third-order valence-corrected chi connectivity index (χ3v) is 6.14. The van der Waals surface area contributed by atoms with Crippen LogP contribution in [0.4, 0.5) is 0 Å². The molecule has 0 bridgehead atoms. The summed E-state index contributed by atoms with van der Waals surface area (Å²) in [5.74, 6) is 0.475. The lowest BCUT2D eigenvalue weighted by molar-refractivity contribution is -0.0588. The average molecular weight is 408 g/mol. The highest BCUT2D eigenvalue weighted by molar-refractivity contribution is 5.00. The average Bonchev–Trinajstić information content (AvgIpc) is 3.02. The number of ether oxygens (including phenoxy) is 2. The van der Waals surface area contributed by atoms with Crippen molar-refractivity contribution in [3.05, 3.63) is 24.5 Å². The van der Waals surface area contributed by atoms with E-state index in [4.69, 9.17) is 9.47 Å². The smallest absolute Gasteiger partial charge is 0.0855 e. The van der Waals surface area contributed by atoms with Crippen molar-refractivity contribution in [1.82, 2.24) is 15.0 Å². The van der Waals surface area contributed by atoms with E-state index < -0.39 is 0 Å². The largest absolute Gasteiger partial charge is 0.375 e. The second kappa shape index (κ2) is 9.74. The summed E-state index contributed by atoms with van der Waals surface area (Å²) in [6.07, 6.45) is 6.60. The lowest BCUT2D eigenvalue weighted by Gasteiger charge is -2.32. The van der Waals surface area contributed by atoms with Gasteiger partial charge in [0.1, 0.15) is 0 Å². The van der Waals surface area contributed by atoms with Gasteiger partial charge in [-0.15, -0.1) is 11.7 Å². The first-order chi connectivity index (χ1) is 13.1. The highest BCUT2D eigenvalue weighted by Crippen LogP contribution is 2.26. The van der Waals surface area contributed by atoms with Gasteiger partial charge in [-0.25, -0.2) is 4.68 Å². The van der Waals surface area contributed by atoms with Crippen LogP contribution in [0.5, 0.6) is 0 Å². The fraction of sp³-hybridized carbons (Fsp3) is 0.833. The van der Waals surface area contributed by atoms with Crippen molar-refractivity contribution in [1.29, 1.82) is 0 Å². The standard InChI is InChI=1S/C24H45N3O2/c1-12-21(4,5)13-15-28-23(8,9)17-20-18-27(26-25-20)22(6,7)14-16-29-24(10,11)19(2)3/h12,18-19H,1,13-17H2,2-11H3. The molecule has 1 rings (SSSR count). The Kier molecular flexibility index (Phi) is 8.68. The molecular formula is C24H45N3O2. The Balaban J connectivity index is 2.62. The third kappa shape index (κ3) is 8.59. The molecule has 0 fully saturated rings. The van der Waals surface area contributed by atoms with Crippen LogP contribution in [0.25, 0.3) is 0 Å². The Labute approximate surface area is 179 Å². The molecule has 0 aliphatic carbocycles. The molecule has 0 aromatic carbocycles. The lowest BCUT2D eigenvalue weighted by Crippen LogP contribution is -2.34. The predicted octanol–water partition coefficient (Wildman–Crippen LogP) is 5.79. The number of hydrogen-bond acceptors (Lipinski definition) is 4. The van der Waals surface area contributed by atoms with E-state index in [1.54, 1.807) is 0 Å². The molecule has 1 aromatic heterocycles. The van der Waals surface area contributed by atoms with E-state index in [9.17, 15) is 0 Å². The van der Waals surface area contributed by atoms with Crippen LogP contribution in [0.1, 0.15) is 87.8 Å². The van der Waals surface area contributed by atoms with Crippen molar-refractivity contribution in [2.75, 3.05) is 13.2 Å². The fourth-order valence-corrected chi connectivity index (χ4v) is 2.70. The van der Waals surface area contributed by atoms with Crippen molar-refractivity contribution in [2.45, 2.75) is 105 Å². The number of allylic oxidation sites excluding steroid dienone is 1. The molecule has 0 spiro atoms. The van der Waals surface area contributed by atoms with Gasteiger partial charge in [0.05, 0.1) is 22.4 Å². The maximum absolute atomic E-state index is 6.15. The molecule has 0 saturated heterocycles. The molecule has 29 heavy (non-hydrogen) atoms. The number of rotatable bonds is 13. The normalized spacial score (nSPS) is 13.9. The maximum atomic E-state index is 6.15. The monoisotopic (exact) mass is 407 g/mol. The first kappa shape index (κ1) is 25.8. The third-order valence-electron chi connectivity index (χ3n) is 6.14. The topological polar surface area (TPSA) is 49.2 Å². The van der Waals surface area contributed by atoms with E-state index in [0.29, 0.717) is 19.1 Å². The minimum absolute atomic E-state index is 0.0927. The molecule has 0 radical (unpaired) electrons. The van der Waals surface area contributed by atoms with Gasteiger partial charge in [-0.2, -0.15) is 0 Å². The van der Waals surface area contributed by atoms with Crippen LogP contribution in [-0.2, 0) is 21.4 Å². The molecule has 0 N–H and O–H groups in total. The molecule has 0 unspecified atom stereocenters. The van der Waals surface area contributed by atoms with Gasteiger partial charge >= 0.3 is 0 Å². The van der Waals surface area contributed by atoms with Crippen LogP contribution in [0.2, 0.25) is 0 Å². The fourth-order valence-electron chi connectivity index (χ4n) is 2.70. The lowest BCUT2D eigenvalue weighted by atomic mass is 9.90. The first-order valence-electron chi connectivity index (χ1n) is 10.9. The molecule has 1 heterocycles. The van der Waals surface area contributed by atoms with E-state index in [1.165, 1.54) is 0 Å². The molecule has 5 nitrogen and oxygen atoms in total. The first-order valence-corrected chi connectivity index (χ1v) is 10.9. The molecule has 0 amide bonds. The molecule has 0 atom stereocenters. The van der Waals surface area contributed by atoms with Crippen molar-refractivity contribution < 1.29 is 9.47 Å². The second-order valence-corrected chi connectivity index (χ2v) is 11.1. The van der Waals surface area contributed by atoms with Gasteiger partial charge in [0.15, 0.2) is 0 Å². The summed E-state index contributed by atoms with van der Waals surface area (Å²) in [5, 5.41) is 8.80. The SMILES string of the molecule is C=CC(C)(C)CCOC(C)(C)Cc1cn(C(C)(C)CCOC(C)(C)C(C)C)nn1. The van der Waals surface area contributed by atoms with Crippen molar-refractivity contribution >= 4 is 0 Å². The summed E-state index contributed by atoms with van der Waals surface area (Å²) in [4.78, 5) is 0. The van der Waals surface area contributed by atoms with E-state index in [2.05, 4.69) is 86.1 Å². The molecule has 0 aliphatic heterocycles. The van der Waals surface area contributed by atoms with Gasteiger partial charge in [0.2, 0.25) is 0 Å². The number of hydrogen-bond donors (Lipinski definition) is 0. The Bertz CT molecular complexity index is 642. The summed E-state index contributed by atoms with van der Waals surface area (Å²) in [7, 11) is 0. The van der Waals surface area contributed by atoms with Gasteiger partial charge < -0.3 is 9.47 Å². The van der Waals surface area contributed by atoms with Gasteiger partial charge in [0, 0.05) is 25.8 Å². The van der Waals surface area contributed by atoms with Crippen molar-refractivity contribution in [2.24, 2.45) is 11.3 Å². The summed E-state index contributed by atoms with van der Waals surface area (Å²) < 4.78 is 14.2. The summed E-state index contributed by atoms with van der Waals surface area (Å²) in [5.41, 5.74) is 0.485.